The molecule has 0 aliphatic carbocycles. The van der Waals surface area contributed by atoms with Crippen molar-refractivity contribution in [3.8, 4) is 5.75 Å². The number of benzene rings is 1. The number of phenols is 1. The van der Waals surface area contributed by atoms with Crippen LogP contribution in [-0.2, 0) is 11.3 Å². The van der Waals surface area contributed by atoms with Gasteiger partial charge in [0, 0.05) is 30.3 Å². The Hall–Kier alpha value is -0.770. The Morgan fingerprint density at radius 1 is 1.50 bits per heavy atom. The van der Waals surface area contributed by atoms with Gasteiger partial charge in [0.25, 0.3) is 0 Å². The molecule has 0 amide bonds. The lowest BCUT2D eigenvalue weighted by Crippen LogP contribution is -2.31. The molecule has 0 spiro atoms. The summed E-state index contributed by atoms with van der Waals surface area (Å²) in [6, 6.07) is 5.18. The molecule has 18 heavy (non-hydrogen) atoms. The van der Waals surface area contributed by atoms with E-state index >= 15 is 0 Å². The van der Waals surface area contributed by atoms with Crippen molar-refractivity contribution in [2.24, 2.45) is 0 Å². The number of aromatic hydroxyl groups is 1. The van der Waals surface area contributed by atoms with Gasteiger partial charge in [-0.1, -0.05) is 18.5 Å². The minimum absolute atomic E-state index is 0.310. The molecule has 0 radical (unpaired) electrons. The van der Waals surface area contributed by atoms with Gasteiger partial charge in [0.2, 0.25) is 0 Å². The lowest BCUT2D eigenvalue weighted by molar-refractivity contribution is 0.0722. The molecule has 1 fully saturated rings. The highest BCUT2D eigenvalue weighted by molar-refractivity contribution is 6.30. The zero-order valence-electron chi connectivity index (χ0n) is 10.7. The molecule has 1 aromatic rings. The number of hydrogen-bond donors (Lipinski definition) is 1. The van der Waals surface area contributed by atoms with Gasteiger partial charge in [0.1, 0.15) is 5.75 Å². The molecule has 1 heterocycles. The van der Waals surface area contributed by atoms with Gasteiger partial charge in [-0.15, -0.1) is 0 Å². The van der Waals surface area contributed by atoms with Crippen LogP contribution in [0.5, 0.6) is 5.75 Å². The molecule has 0 bridgehead atoms. The van der Waals surface area contributed by atoms with Crippen molar-refractivity contribution in [1.29, 1.82) is 0 Å². The Kier molecular flexibility index (Phi) is 4.87. The number of likely N-dealkylation sites (N-methyl/N-ethyl adjacent to an activating group) is 1. The zero-order valence-corrected chi connectivity index (χ0v) is 11.5. The molecular formula is C14H20ClNO2. The van der Waals surface area contributed by atoms with Crippen molar-refractivity contribution < 1.29 is 9.84 Å². The summed E-state index contributed by atoms with van der Waals surface area (Å²) in [5, 5.41) is 10.5. The van der Waals surface area contributed by atoms with Crippen LogP contribution in [0.15, 0.2) is 18.2 Å². The van der Waals surface area contributed by atoms with E-state index in [0.29, 0.717) is 23.4 Å². The van der Waals surface area contributed by atoms with E-state index in [4.69, 9.17) is 16.3 Å². The number of halogens is 1. The second-order valence-electron chi connectivity index (χ2n) is 4.74. The van der Waals surface area contributed by atoms with Gasteiger partial charge in [-0.3, -0.25) is 4.90 Å². The van der Waals surface area contributed by atoms with Gasteiger partial charge < -0.3 is 9.84 Å². The summed E-state index contributed by atoms with van der Waals surface area (Å²) in [6.45, 7) is 5.57. The van der Waals surface area contributed by atoms with Crippen molar-refractivity contribution in [3.63, 3.8) is 0 Å². The largest absolute Gasteiger partial charge is 0.508 e. The van der Waals surface area contributed by atoms with E-state index in [0.717, 1.165) is 38.1 Å². The average Bonchev–Trinajstić information content (AvgIpc) is 2.85. The monoisotopic (exact) mass is 269 g/mol. The summed E-state index contributed by atoms with van der Waals surface area (Å²) < 4.78 is 5.65. The molecular weight excluding hydrogens is 250 g/mol. The van der Waals surface area contributed by atoms with Gasteiger partial charge in [0.05, 0.1) is 6.10 Å². The fourth-order valence-electron chi connectivity index (χ4n) is 2.30. The Bertz CT molecular complexity index is 391. The van der Waals surface area contributed by atoms with Crippen LogP contribution in [0, 0.1) is 0 Å². The van der Waals surface area contributed by atoms with E-state index in [1.54, 1.807) is 12.1 Å². The lowest BCUT2D eigenvalue weighted by Gasteiger charge is -2.24. The average molecular weight is 270 g/mol. The maximum Gasteiger partial charge on any atom is 0.120 e. The molecule has 1 unspecified atom stereocenters. The molecule has 1 aromatic carbocycles. The molecule has 2 rings (SSSR count). The van der Waals surface area contributed by atoms with Gasteiger partial charge in [0.15, 0.2) is 0 Å². The maximum atomic E-state index is 9.82. The van der Waals surface area contributed by atoms with Crippen molar-refractivity contribution in [2.45, 2.75) is 32.4 Å². The molecule has 1 aliphatic heterocycles. The van der Waals surface area contributed by atoms with E-state index in [-0.39, 0.29) is 0 Å². The van der Waals surface area contributed by atoms with Crippen LogP contribution in [0.1, 0.15) is 25.3 Å². The summed E-state index contributed by atoms with van der Waals surface area (Å²) in [7, 11) is 0. The van der Waals surface area contributed by atoms with Crippen molar-refractivity contribution in [3.05, 3.63) is 28.8 Å². The Morgan fingerprint density at radius 2 is 2.33 bits per heavy atom. The fourth-order valence-corrected chi connectivity index (χ4v) is 2.50. The first-order valence-electron chi connectivity index (χ1n) is 6.50. The minimum atomic E-state index is 0.310. The van der Waals surface area contributed by atoms with Crippen molar-refractivity contribution in [1.82, 2.24) is 4.90 Å². The number of ether oxygens (including phenoxy) is 1. The van der Waals surface area contributed by atoms with Crippen LogP contribution >= 0.6 is 11.6 Å². The summed E-state index contributed by atoms with van der Waals surface area (Å²) in [5.74, 6) is 0.310. The van der Waals surface area contributed by atoms with Crippen LogP contribution in [0.4, 0.5) is 0 Å². The third-order valence-electron chi connectivity index (χ3n) is 3.37. The fraction of sp³-hybridized carbons (Fsp3) is 0.571. The highest BCUT2D eigenvalue weighted by Gasteiger charge is 2.19. The molecule has 1 saturated heterocycles. The Labute approximate surface area is 113 Å². The maximum absolute atomic E-state index is 9.82. The quantitative estimate of drug-likeness (QED) is 0.892. The molecule has 0 saturated carbocycles. The first-order valence-corrected chi connectivity index (χ1v) is 6.88. The first kappa shape index (κ1) is 13.7. The second-order valence-corrected chi connectivity index (χ2v) is 5.17. The minimum Gasteiger partial charge on any atom is -0.508 e. The number of phenolic OH excluding ortho intramolecular Hbond substituents is 1. The summed E-state index contributed by atoms with van der Waals surface area (Å²) in [6.07, 6.45) is 2.63. The van der Waals surface area contributed by atoms with Crippen LogP contribution in [0.25, 0.3) is 0 Å². The molecule has 1 atom stereocenters. The van der Waals surface area contributed by atoms with Crippen molar-refractivity contribution in [2.75, 3.05) is 19.7 Å². The van der Waals surface area contributed by atoms with Crippen LogP contribution in [0.3, 0.4) is 0 Å². The third kappa shape index (κ3) is 3.61. The first-order chi connectivity index (χ1) is 8.69. The zero-order chi connectivity index (χ0) is 13.0. The SMILES string of the molecule is CCN(Cc1cc(Cl)ccc1O)CC1CCCO1. The summed E-state index contributed by atoms with van der Waals surface area (Å²) in [4.78, 5) is 2.28. The third-order valence-corrected chi connectivity index (χ3v) is 3.60. The van der Waals surface area contributed by atoms with E-state index in [1.807, 2.05) is 6.07 Å². The standard InChI is InChI=1S/C14H20ClNO2/c1-2-16(10-13-4-3-7-18-13)9-11-8-12(15)5-6-14(11)17/h5-6,8,13,17H,2-4,7,9-10H2,1H3. The molecule has 1 aliphatic rings. The van der Waals surface area contributed by atoms with Gasteiger partial charge >= 0.3 is 0 Å². The van der Waals surface area contributed by atoms with E-state index in [1.165, 1.54) is 0 Å². The molecule has 1 N–H and O–H groups in total. The van der Waals surface area contributed by atoms with Crippen LogP contribution < -0.4 is 0 Å². The number of hydrogen-bond acceptors (Lipinski definition) is 3. The van der Waals surface area contributed by atoms with E-state index < -0.39 is 0 Å². The predicted octanol–water partition coefficient (Wildman–Crippen LogP) is 3.05. The highest BCUT2D eigenvalue weighted by atomic mass is 35.5. The van der Waals surface area contributed by atoms with Crippen molar-refractivity contribution >= 4 is 11.6 Å². The topological polar surface area (TPSA) is 32.7 Å². The molecule has 3 nitrogen and oxygen atoms in total. The van der Waals surface area contributed by atoms with Crippen LogP contribution in [0.2, 0.25) is 5.02 Å². The highest BCUT2D eigenvalue weighted by Crippen LogP contribution is 2.23. The lowest BCUT2D eigenvalue weighted by atomic mass is 10.1. The predicted molar refractivity (Wildman–Crippen MR) is 73.0 cm³/mol. The van der Waals surface area contributed by atoms with E-state index in [2.05, 4.69) is 11.8 Å². The second kappa shape index (κ2) is 6.41. The normalized spacial score (nSPS) is 19.6. The Balaban J connectivity index is 1.98. The Morgan fingerprint density at radius 3 is 3.00 bits per heavy atom. The molecule has 100 valence electrons. The number of nitrogens with zero attached hydrogens (tertiary/aromatic N) is 1. The molecule has 0 aromatic heterocycles. The summed E-state index contributed by atoms with van der Waals surface area (Å²) >= 11 is 5.96. The summed E-state index contributed by atoms with van der Waals surface area (Å²) in [5.41, 5.74) is 0.877. The van der Waals surface area contributed by atoms with E-state index in [9.17, 15) is 5.11 Å². The smallest absolute Gasteiger partial charge is 0.120 e. The molecule has 4 heteroatoms. The van der Waals surface area contributed by atoms with Gasteiger partial charge in [-0.2, -0.15) is 0 Å². The van der Waals surface area contributed by atoms with Gasteiger partial charge in [-0.05, 0) is 37.6 Å². The number of rotatable bonds is 5. The van der Waals surface area contributed by atoms with Gasteiger partial charge in [-0.25, -0.2) is 0 Å². The van der Waals surface area contributed by atoms with Crippen LogP contribution in [-0.4, -0.2) is 35.8 Å².